The number of rotatable bonds is 6. The number of ether oxygens (including phenoxy) is 1. The molecule has 2 N–H and O–H groups in total. The standard InChI is InChI=1S/C15H28N2O4/c1-15(2,3)21-14(20)16-8-11-17-9-6-12(7-10-17)4-5-13(18)19/h12H,4-11H2,1-3H3,(H,16,20)(H,18,19). The van der Waals surface area contributed by atoms with E-state index in [2.05, 4.69) is 10.2 Å². The van der Waals surface area contributed by atoms with Gasteiger partial charge in [0.05, 0.1) is 0 Å². The number of nitrogens with zero attached hydrogens (tertiary/aromatic N) is 1. The maximum Gasteiger partial charge on any atom is 0.407 e. The Morgan fingerprint density at radius 2 is 1.90 bits per heavy atom. The minimum atomic E-state index is -0.709. The van der Waals surface area contributed by atoms with Crippen LogP contribution < -0.4 is 5.32 Å². The van der Waals surface area contributed by atoms with Gasteiger partial charge in [-0.05, 0) is 59.0 Å². The van der Waals surface area contributed by atoms with E-state index in [0.717, 1.165) is 38.9 Å². The third-order valence-corrected chi connectivity index (χ3v) is 3.57. The molecule has 1 aliphatic rings. The van der Waals surface area contributed by atoms with E-state index in [1.165, 1.54) is 0 Å². The fourth-order valence-corrected chi connectivity index (χ4v) is 2.46. The van der Waals surface area contributed by atoms with Gasteiger partial charge in [0.2, 0.25) is 0 Å². The third kappa shape index (κ3) is 8.55. The van der Waals surface area contributed by atoms with Gasteiger partial charge in [-0.15, -0.1) is 0 Å². The molecule has 0 aromatic carbocycles. The van der Waals surface area contributed by atoms with Crippen LogP contribution in [-0.4, -0.2) is 53.8 Å². The van der Waals surface area contributed by atoms with Crippen molar-refractivity contribution < 1.29 is 19.4 Å². The van der Waals surface area contributed by atoms with Gasteiger partial charge in [0, 0.05) is 19.5 Å². The molecule has 0 unspecified atom stereocenters. The molecule has 0 radical (unpaired) electrons. The van der Waals surface area contributed by atoms with Crippen LogP contribution >= 0.6 is 0 Å². The average Bonchev–Trinajstić information content (AvgIpc) is 2.35. The van der Waals surface area contributed by atoms with Crippen molar-refractivity contribution in [1.82, 2.24) is 10.2 Å². The van der Waals surface area contributed by atoms with E-state index in [-0.39, 0.29) is 12.5 Å². The maximum absolute atomic E-state index is 11.5. The monoisotopic (exact) mass is 300 g/mol. The summed E-state index contributed by atoms with van der Waals surface area (Å²) in [6, 6.07) is 0. The Bertz CT molecular complexity index is 344. The fraction of sp³-hybridized carbons (Fsp3) is 0.867. The number of carboxylic acid groups (broad SMARTS) is 1. The van der Waals surface area contributed by atoms with E-state index < -0.39 is 11.6 Å². The number of aliphatic carboxylic acids is 1. The third-order valence-electron chi connectivity index (χ3n) is 3.57. The normalized spacial score (nSPS) is 17.5. The number of likely N-dealkylation sites (tertiary alicyclic amines) is 1. The summed E-state index contributed by atoms with van der Waals surface area (Å²) in [6.45, 7) is 8.86. The molecule has 122 valence electrons. The summed E-state index contributed by atoms with van der Waals surface area (Å²) in [5, 5.41) is 11.4. The first-order valence-corrected chi connectivity index (χ1v) is 7.67. The van der Waals surface area contributed by atoms with Gasteiger partial charge in [0.15, 0.2) is 0 Å². The molecule has 6 nitrogen and oxygen atoms in total. The van der Waals surface area contributed by atoms with Crippen molar-refractivity contribution in [2.24, 2.45) is 5.92 Å². The lowest BCUT2D eigenvalue weighted by molar-refractivity contribution is -0.137. The molecule has 1 fully saturated rings. The van der Waals surface area contributed by atoms with Crippen molar-refractivity contribution in [3.05, 3.63) is 0 Å². The predicted molar refractivity (Wildman–Crippen MR) is 80.3 cm³/mol. The van der Waals surface area contributed by atoms with Gasteiger partial charge in [0.25, 0.3) is 0 Å². The quantitative estimate of drug-likeness (QED) is 0.785. The molecule has 21 heavy (non-hydrogen) atoms. The van der Waals surface area contributed by atoms with Crippen LogP contribution in [0.25, 0.3) is 0 Å². The van der Waals surface area contributed by atoms with Crippen molar-refractivity contribution in [3.63, 3.8) is 0 Å². The minimum Gasteiger partial charge on any atom is -0.481 e. The van der Waals surface area contributed by atoms with Crippen molar-refractivity contribution in [1.29, 1.82) is 0 Å². The zero-order valence-electron chi connectivity index (χ0n) is 13.4. The number of carbonyl (C=O) groups excluding carboxylic acids is 1. The molecule has 1 heterocycles. The summed E-state index contributed by atoms with van der Waals surface area (Å²) < 4.78 is 5.17. The first-order chi connectivity index (χ1) is 9.76. The molecule has 6 heteroatoms. The number of piperidine rings is 1. The van der Waals surface area contributed by atoms with Gasteiger partial charge in [-0.3, -0.25) is 4.79 Å². The van der Waals surface area contributed by atoms with Crippen LogP contribution in [0.5, 0.6) is 0 Å². The molecule has 1 aliphatic heterocycles. The topological polar surface area (TPSA) is 78.9 Å². The van der Waals surface area contributed by atoms with Crippen LogP contribution in [-0.2, 0) is 9.53 Å². The van der Waals surface area contributed by atoms with E-state index in [0.29, 0.717) is 12.5 Å². The minimum absolute atomic E-state index is 0.269. The van der Waals surface area contributed by atoms with Gasteiger partial charge in [-0.1, -0.05) is 0 Å². The first-order valence-electron chi connectivity index (χ1n) is 7.67. The number of carboxylic acids is 1. The summed E-state index contributed by atoms with van der Waals surface area (Å²) in [6.07, 6.45) is 2.75. The predicted octanol–water partition coefficient (Wildman–Crippen LogP) is 2.09. The molecule has 1 amide bonds. The molecular formula is C15H28N2O4. The van der Waals surface area contributed by atoms with E-state index >= 15 is 0 Å². The zero-order valence-corrected chi connectivity index (χ0v) is 13.4. The Labute approximate surface area is 126 Å². The Morgan fingerprint density at radius 1 is 1.29 bits per heavy atom. The van der Waals surface area contributed by atoms with Gasteiger partial charge < -0.3 is 20.1 Å². The molecule has 0 aliphatic carbocycles. The van der Waals surface area contributed by atoms with Crippen LogP contribution in [0.4, 0.5) is 4.79 Å². The van der Waals surface area contributed by atoms with E-state index in [1.54, 1.807) is 0 Å². The Hall–Kier alpha value is -1.30. The number of hydrogen-bond donors (Lipinski definition) is 2. The molecule has 1 rings (SSSR count). The first kappa shape index (κ1) is 17.8. The maximum atomic E-state index is 11.5. The Balaban J connectivity index is 2.10. The lowest BCUT2D eigenvalue weighted by atomic mass is 9.92. The molecule has 0 bridgehead atoms. The Kier molecular flexibility index (Phi) is 6.95. The second-order valence-electron chi connectivity index (χ2n) is 6.65. The molecule has 1 saturated heterocycles. The Morgan fingerprint density at radius 3 is 2.43 bits per heavy atom. The van der Waals surface area contributed by atoms with Crippen LogP contribution in [0.15, 0.2) is 0 Å². The van der Waals surface area contributed by atoms with Crippen molar-refractivity contribution >= 4 is 12.1 Å². The zero-order chi connectivity index (χ0) is 15.9. The van der Waals surface area contributed by atoms with E-state index in [4.69, 9.17) is 9.84 Å². The second-order valence-corrected chi connectivity index (χ2v) is 6.65. The van der Waals surface area contributed by atoms with Gasteiger partial charge in [-0.25, -0.2) is 4.79 Å². The number of carbonyl (C=O) groups is 2. The molecule has 0 atom stereocenters. The second kappa shape index (κ2) is 8.22. The van der Waals surface area contributed by atoms with Crippen LogP contribution in [0.1, 0.15) is 46.5 Å². The van der Waals surface area contributed by atoms with Crippen molar-refractivity contribution in [3.8, 4) is 0 Å². The molecule has 0 aromatic heterocycles. The largest absolute Gasteiger partial charge is 0.481 e. The van der Waals surface area contributed by atoms with Gasteiger partial charge >= 0.3 is 12.1 Å². The smallest absolute Gasteiger partial charge is 0.407 e. The number of nitrogens with one attached hydrogen (secondary N) is 1. The summed E-state index contributed by atoms with van der Waals surface area (Å²) in [4.78, 5) is 24.3. The van der Waals surface area contributed by atoms with Crippen molar-refractivity contribution in [2.45, 2.75) is 52.1 Å². The number of hydrogen-bond acceptors (Lipinski definition) is 4. The molecule has 0 aromatic rings. The van der Waals surface area contributed by atoms with E-state index in [1.807, 2.05) is 20.8 Å². The van der Waals surface area contributed by atoms with Crippen LogP contribution in [0, 0.1) is 5.92 Å². The summed E-state index contributed by atoms with van der Waals surface area (Å²) in [5.41, 5.74) is -0.466. The highest BCUT2D eigenvalue weighted by Crippen LogP contribution is 2.21. The highest BCUT2D eigenvalue weighted by molar-refractivity contribution is 5.67. The van der Waals surface area contributed by atoms with Crippen LogP contribution in [0.3, 0.4) is 0 Å². The molecular weight excluding hydrogens is 272 g/mol. The number of amides is 1. The summed E-state index contributed by atoms with van der Waals surface area (Å²) in [5.74, 6) is -0.185. The average molecular weight is 300 g/mol. The van der Waals surface area contributed by atoms with Crippen LogP contribution in [0.2, 0.25) is 0 Å². The molecule has 0 saturated carbocycles. The summed E-state index contributed by atoms with van der Waals surface area (Å²) >= 11 is 0. The highest BCUT2D eigenvalue weighted by Gasteiger charge is 2.20. The lowest BCUT2D eigenvalue weighted by Crippen LogP contribution is -2.41. The van der Waals surface area contributed by atoms with Gasteiger partial charge in [0.1, 0.15) is 5.60 Å². The highest BCUT2D eigenvalue weighted by atomic mass is 16.6. The SMILES string of the molecule is CC(C)(C)OC(=O)NCCN1CCC(CCC(=O)O)CC1. The van der Waals surface area contributed by atoms with Crippen molar-refractivity contribution in [2.75, 3.05) is 26.2 Å². The summed E-state index contributed by atoms with van der Waals surface area (Å²) in [7, 11) is 0. The lowest BCUT2D eigenvalue weighted by Gasteiger charge is -2.31. The van der Waals surface area contributed by atoms with E-state index in [9.17, 15) is 9.59 Å². The molecule has 0 spiro atoms. The number of alkyl carbamates (subject to hydrolysis) is 1. The fourth-order valence-electron chi connectivity index (χ4n) is 2.46. The van der Waals surface area contributed by atoms with Gasteiger partial charge in [-0.2, -0.15) is 0 Å².